The van der Waals surface area contributed by atoms with E-state index in [0.29, 0.717) is 16.2 Å². The quantitative estimate of drug-likeness (QED) is 0.522. The number of hydrogen-bond acceptors (Lipinski definition) is 4. The molecule has 0 radical (unpaired) electrons. The van der Waals surface area contributed by atoms with E-state index in [9.17, 15) is 18.4 Å². The number of aliphatic hydroxyl groups excluding tert-OH is 1. The molecule has 1 amide bonds. The first-order valence-corrected chi connectivity index (χ1v) is 8.76. The number of hydrogen-bond donors (Lipinski definition) is 2. The van der Waals surface area contributed by atoms with Gasteiger partial charge in [0.15, 0.2) is 0 Å². The molecule has 4 rings (SSSR count). The fourth-order valence-corrected chi connectivity index (χ4v) is 3.71. The Morgan fingerprint density at radius 1 is 1.07 bits per heavy atom. The highest BCUT2D eigenvalue weighted by Crippen LogP contribution is 2.55. The predicted octanol–water partition coefficient (Wildman–Crippen LogP) is 3.12. The maximum Gasteiger partial charge on any atom is 0.339 e. The van der Waals surface area contributed by atoms with Crippen molar-refractivity contribution in [3.05, 3.63) is 59.7 Å². The third kappa shape index (κ3) is 2.79. The number of aliphatic hydroxyl groups is 1. The number of alkyl halides is 2. The summed E-state index contributed by atoms with van der Waals surface area (Å²) in [5, 5.41) is 11.2. The van der Waals surface area contributed by atoms with Gasteiger partial charge in [0.1, 0.15) is 6.61 Å². The van der Waals surface area contributed by atoms with Gasteiger partial charge in [-0.15, -0.1) is 0 Å². The van der Waals surface area contributed by atoms with Gasteiger partial charge in [-0.25, -0.2) is 13.6 Å². The summed E-state index contributed by atoms with van der Waals surface area (Å²) in [4.78, 5) is 24.8. The second-order valence-corrected chi connectivity index (χ2v) is 6.91. The molecule has 1 aliphatic carbocycles. The first-order chi connectivity index (χ1) is 13.4. The molecule has 0 aliphatic heterocycles. The standard InChI is InChI=1S/C21H17F2NO4/c22-21(23)15(9-25)16(21)10-28-20(27)18-13-6-2-1-4-11(13)8-12-5-3-7-14(17(12)18)19(24)26/h1-8,15-16,25H,9-10H2,(H2,24,26). The molecule has 2 atom stereocenters. The number of halogens is 2. The molecular weight excluding hydrogens is 368 g/mol. The molecule has 3 N–H and O–H groups in total. The first-order valence-electron chi connectivity index (χ1n) is 8.76. The lowest BCUT2D eigenvalue weighted by molar-refractivity contribution is 0.0358. The molecule has 1 fully saturated rings. The van der Waals surface area contributed by atoms with Crippen LogP contribution in [0.2, 0.25) is 0 Å². The minimum Gasteiger partial charge on any atom is -0.462 e. The Kier molecular flexibility index (Phi) is 4.27. The van der Waals surface area contributed by atoms with Gasteiger partial charge in [-0.2, -0.15) is 0 Å². The number of nitrogens with two attached hydrogens (primary N) is 1. The maximum absolute atomic E-state index is 13.6. The SMILES string of the molecule is NC(=O)c1cccc2cc3ccccc3c(C(=O)OCC3C(CO)C3(F)F)c12. The van der Waals surface area contributed by atoms with Crippen LogP contribution in [0, 0.1) is 11.8 Å². The Balaban J connectivity index is 1.81. The lowest BCUT2D eigenvalue weighted by Gasteiger charge is -2.13. The molecular formula is C21H17F2NO4. The number of amides is 1. The average Bonchev–Trinajstić information content (AvgIpc) is 3.22. The van der Waals surface area contributed by atoms with Crippen molar-refractivity contribution in [1.29, 1.82) is 0 Å². The van der Waals surface area contributed by atoms with Crippen LogP contribution in [-0.2, 0) is 4.74 Å². The van der Waals surface area contributed by atoms with E-state index in [1.165, 1.54) is 6.07 Å². The monoisotopic (exact) mass is 385 g/mol. The fraction of sp³-hybridized carbons (Fsp3) is 0.238. The van der Waals surface area contributed by atoms with Crippen molar-refractivity contribution >= 4 is 33.4 Å². The van der Waals surface area contributed by atoms with Gasteiger partial charge in [-0.3, -0.25) is 4.79 Å². The Bertz CT molecular complexity index is 1110. The van der Waals surface area contributed by atoms with Gasteiger partial charge in [-0.1, -0.05) is 36.4 Å². The summed E-state index contributed by atoms with van der Waals surface area (Å²) in [6.07, 6.45) is 0. The number of fused-ring (bicyclic) bond motifs is 2. The fourth-order valence-electron chi connectivity index (χ4n) is 3.71. The number of rotatable bonds is 5. The van der Waals surface area contributed by atoms with Gasteiger partial charge < -0.3 is 15.6 Å². The van der Waals surface area contributed by atoms with E-state index >= 15 is 0 Å². The van der Waals surface area contributed by atoms with E-state index in [1.54, 1.807) is 36.4 Å². The summed E-state index contributed by atoms with van der Waals surface area (Å²) >= 11 is 0. The molecule has 1 saturated carbocycles. The molecule has 5 nitrogen and oxygen atoms in total. The van der Waals surface area contributed by atoms with E-state index in [4.69, 9.17) is 15.6 Å². The molecule has 0 spiro atoms. The highest BCUT2D eigenvalue weighted by atomic mass is 19.3. The minimum absolute atomic E-state index is 0.118. The summed E-state index contributed by atoms with van der Waals surface area (Å²) in [7, 11) is 0. The second-order valence-electron chi connectivity index (χ2n) is 6.91. The van der Waals surface area contributed by atoms with Gasteiger partial charge >= 0.3 is 5.97 Å². The maximum atomic E-state index is 13.6. The van der Waals surface area contributed by atoms with Crippen molar-refractivity contribution in [1.82, 2.24) is 0 Å². The van der Waals surface area contributed by atoms with E-state index in [1.807, 2.05) is 6.07 Å². The second kappa shape index (κ2) is 6.53. The zero-order valence-electron chi connectivity index (χ0n) is 14.7. The summed E-state index contributed by atoms with van der Waals surface area (Å²) < 4.78 is 32.3. The number of carbonyl (C=O) groups excluding carboxylic acids is 2. The molecule has 3 aromatic rings. The normalized spacial score (nSPS) is 20.2. The third-order valence-electron chi connectivity index (χ3n) is 5.31. The van der Waals surface area contributed by atoms with Gasteiger partial charge in [0.25, 0.3) is 5.92 Å². The van der Waals surface area contributed by atoms with Crippen molar-refractivity contribution in [2.45, 2.75) is 5.92 Å². The zero-order chi connectivity index (χ0) is 20.1. The Labute approximate surface area is 158 Å². The Morgan fingerprint density at radius 2 is 1.79 bits per heavy atom. The highest BCUT2D eigenvalue weighted by Gasteiger charge is 2.68. The largest absolute Gasteiger partial charge is 0.462 e. The van der Waals surface area contributed by atoms with Gasteiger partial charge in [0.2, 0.25) is 5.91 Å². The molecule has 1 aliphatic rings. The van der Waals surface area contributed by atoms with Crippen LogP contribution < -0.4 is 5.73 Å². The topological polar surface area (TPSA) is 89.6 Å². The molecule has 7 heteroatoms. The van der Waals surface area contributed by atoms with Gasteiger partial charge in [0.05, 0.1) is 24.0 Å². The van der Waals surface area contributed by atoms with Crippen molar-refractivity contribution in [3.63, 3.8) is 0 Å². The van der Waals surface area contributed by atoms with E-state index in [2.05, 4.69) is 0 Å². The first kappa shape index (κ1) is 18.3. The Hall–Kier alpha value is -3.06. The van der Waals surface area contributed by atoms with Crippen LogP contribution in [0.4, 0.5) is 8.78 Å². The molecule has 144 valence electrons. The number of primary amides is 1. The van der Waals surface area contributed by atoms with Crippen LogP contribution in [0.15, 0.2) is 48.5 Å². The highest BCUT2D eigenvalue weighted by molar-refractivity contribution is 6.21. The van der Waals surface area contributed by atoms with Gasteiger partial charge in [0, 0.05) is 10.9 Å². The number of ether oxygens (including phenoxy) is 1. The van der Waals surface area contributed by atoms with Crippen LogP contribution in [0.25, 0.3) is 21.5 Å². The van der Waals surface area contributed by atoms with Gasteiger partial charge in [-0.05, 0) is 28.3 Å². The third-order valence-corrected chi connectivity index (χ3v) is 5.31. The number of benzene rings is 3. The molecule has 0 bridgehead atoms. The van der Waals surface area contributed by atoms with Crippen LogP contribution >= 0.6 is 0 Å². The molecule has 28 heavy (non-hydrogen) atoms. The predicted molar refractivity (Wildman–Crippen MR) is 99.3 cm³/mol. The summed E-state index contributed by atoms with van der Waals surface area (Å²) in [5.41, 5.74) is 5.75. The number of carbonyl (C=O) groups is 2. The lowest BCUT2D eigenvalue weighted by Crippen LogP contribution is -2.15. The Morgan fingerprint density at radius 3 is 2.46 bits per heavy atom. The van der Waals surface area contributed by atoms with Crippen LogP contribution in [-0.4, -0.2) is 36.1 Å². The summed E-state index contributed by atoms with van der Waals surface area (Å²) in [6.45, 7) is -1.18. The smallest absolute Gasteiger partial charge is 0.339 e. The lowest BCUT2D eigenvalue weighted by atomic mass is 9.93. The van der Waals surface area contributed by atoms with E-state index in [0.717, 1.165) is 5.39 Å². The van der Waals surface area contributed by atoms with E-state index in [-0.39, 0.29) is 11.1 Å². The molecule has 0 heterocycles. The van der Waals surface area contributed by atoms with Crippen LogP contribution in [0.5, 0.6) is 0 Å². The zero-order valence-corrected chi connectivity index (χ0v) is 14.7. The minimum atomic E-state index is -3.05. The average molecular weight is 385 g/mol. The molecule has 2 unspecified atom stereocenters. The van der Waals surface area contributed by atoms with E-state index < -0.39 is 42.8 Å². The molecule has 0 aromatic heterocycles. The van der Waals surface area contributed by atoms with Crippen molar-refractivity contribution < 1.29 is 28.2 Å². The number of esters is 1. The molecule has 0 saturated heterocycles. The van der Waals surface area contributed by atoms with Crippen LogP contribution in [0.3, 0.4) is 0 Å². The molecule has 3 aromatic carbocycles. The van der Waals surface area contributed by atoms with Crippen molar-refractivity contribution in [2.24, 2.45) is 17.6 Å². The van der Waals surface area contributed by atoms with Crippen molar-refractivity contribution in [2.75, 3.05) is 13.2 Å². The summed E-state index contributed by atoms with van der Waals surface area (Å²) in [5.74, 6) is -6.98. The van der Waals surface area contributed by atoms with Crippen molar-refractivity contribution in [3.8, 4) is 0 Å². The van der Waals surface area contributed by atoms with Crippen LogP contribution in [0.1, 0.15) is 20.7 Å². The summed E-state index contributed by atoms with van der Waals surface area (Å²) in [6, 6.07) is 13.8.